The highest BCUT2D eigenvalue weighted by Gasteiger charge is 2.23. The van der Waals surface area contributed by atoms with Crippen molar-refractivity contribution >= 4 is 11.8 Å². The van der Waals surface area contributed by atoms with Crippen LogP contribution in [0.1, 0.15) is 56.6 Å². The van der Waals surface area contributed by atoms with Gasteiger partial charge in [-0.05, 0) is 44.7 Å². The molecule has 0 atom stereocenters. The van der Waals surface area contributed by atoms with Crippen LogP contribution >= 0.6 is 0 Å². The van der Waals surface area contributed by atoms with Gasteiger partial charge in [0.1, 0.15) is 0 Å². The van der Waals surface area contributed by atoms with E-state index in [9.17, 15) is 0 Å². The van der Waals surface area contributed by atoms with E-state index in [0.29, 0.717) is 0 Å². The maximum absolute atomic E-state index is 3.52. The standard InChI is InChI=1S/C17H24N2.BrH/c1-7-14-11(4)16(19-13(14)6)9-17-15(8-2)10(3)12(5)18-17;/h9,19H,7-8H2,1-6H3;1H/b17-9-;. The van der Waals surface area contributed by atoms with Gasteiger partial charge in [0.05, 0.1) is 0 Å². The van der Waals surface area contributed by atoms with Crippen molar-refractivity contribution < 1.29 is 22.0 Å². The van der Waals surface area contributed by atoms with E-state index in [4.69, 9.17) is 0 Å². The Balaban J connectivity index is 0.00000200. The number of hydrogen-bond donors (Lipinski definition) is 2. The Morgan fingerprint density at radius 3 is 2.20 bits per heavy atom. The highest BCUT2D eigenvalue weighted by atomic mass is 79.9. The van der Waals surface area contributed by atoms with Gasteiger partial charge >= 0.3 is 0 Å². The summed E-state index contributed by atoms with van der Waals surface area (Å²) in [5, 5.41) is 0. The molecule has 3 heteroatoms. The lowest BCUT2D eigenvalue weighted by atomic mass is 10.0. The first-order valence-electron chi connectivity index (χ1n) is 7.20. The predicted octanol–water partition coefficient (Wildman–Crippen LogP) is -0.180. The van der Waals surface area contributed by atoms with Gasteiger partial charge in [0, 0.05) is 35.5 Å². The quantitative estimate of drug-likeness (QED) is 0.767. The number of aryl methyl sites for hydroxylation is 1. The molecule has 0 spiro atoms. The number of nitrogens with one attached hydrogen (secondary N) is 2. The van der Waals surface area contributed by atoms with Crippen molar-refractivity contribution in [1.29, 1.82) is 0 Å². The average molecular weight is 337 g/mol. The first-order chi connectivity index (χ1) is 8.99. The maximum atomic E-state index is 3.52. The fourth-order valence-corrected chi connectivity index (χ4v) is 3.01. The number of rotatable bonds is 3. The van der Waals surface area contributed by atoms with Gasteiger partial charge in [-0.15, -0.1) is 0 Å². The van der Waals surface area contributed by atoms with E-state index < -0.39 is 0 Å². The SMILES string of the molecule is CCC1=C(C)C(C)=[NH+]/C1=C\c1[nH]c(C)c(CC)c1C.[Br-]. The zero-order chi connectivity index (χ0) is 14.2. The van der Waals surface area contributed by atoms with E-state index in [0.717, 1.165) is 12.8 Å². The van der Waals surface area contributed by atoms with Crippen LogP contribution in [0.4, 0.5) is 0 Å². The minimum atomic E-state index is 0. The lowest BCUT2D eigenvalue weighted by Gasteiger charge is -1.98. The molecule has 0 radical (unpaired) electrons. The molecule has 0 saturated carbocycles. The summed E-state index contributed by atoms with van der Waals surface area (Å²) in [7, 11) is 0. The summed E-state index contributed by atoms with van der Waals surface area (Å²) in [5.74, 6) is 0. The molecule has 20 heavy (non-hydrogen) atoms. The molecule has 2 N–H and O–H groups in total. The molecule has 0 fully saturated rings. The molecule has 2 nitrogen and oxygen atoms in total. The first-order valence-corrected chi connectivity index (χ1v) is 7.20. The van der Waals surface area contributed by atoms with Gasteiger partial charge in [0.2, 0.25) is 5.70 Å². The van der Waals surface area contributed by atoms with Crippen LogP contribution in [0.15, 0.2) is 16.8 Å². The van der Waals surface area contributed by atoms with Gasteiger partial charge < -0.3 is 22.0 Å². The lowest BCUT2D eigenvalue weighted by molar-refractivity contribution is -0.386. The lowest BCUT2D eigenvalue weighted by Crippen LogP contribution is -3.00. The van der Waals surface area contributed by atoms with Crippen molar-refractivity contribution in [3.8, 4) is 0 Å². The summed E-state index contributed by atoms with van der Waals surface area (Å²) in [5.41, 5.74) is 10.7. The molecule has 0 unspecified atom stereocenters. The highest BCUT2D eigenvalue weighted by Crippen LogP contribution is 2.23. The molecule has 110 valence electrons. The van der Waals surface area contributed by atoms with Crippen LogP contribution in [0.3, 0.4) is 0 Å². The molecule has 0 aromatic carbocycles. The normalized spacial score (nSPS) is 16.7. The largest absolute Gasteiger partial charge is 1.00 e. The molecule has 1 aliphatic heterocycles. The van der Waals surface area contributed by atoms with Crippen LogP contribution in [0.5, 0.6) is 0 Å². The van der Waals surface area contributed by atoms with Crippen molar-refractivity contribution in [2.75, 3.05) is 0 Å². The van der Waals surface area contributed by atoms with Gasteiger partial charge in [0.25, 0.3) is 0 Å². The first kappa shape index (κ1) is 17.0. The minimum absolute atomic E-state index is 0. The second kappa shape index (κ2) is 6.57. The van der Waals surface area contributed by atoms with Crippen LogP contribution in [0.2, 0.25) is 0 Å². The van der Waals surface area contributed by atoms with Gasteiger partial charge in [-0.2, -0.15) is 0 Å². The van der Waals surface area contributed by atoms with E-state index in [-0.39, 0.29) is 17.0 Å². The fourth-order valence-electron chi connectivity index (χ4n) is 3.01. The monoisotopic (exact) mass is 336 g/mol. The maximum Gasteiger partial charge on any atom is 0.209 e. The van der Waals surface area contributed by atoms with E-state index in [2.05, 4.69) is 57.6 Å². The molecule has 0 aliphatic carbocycles. The third-order valence-corrected chi connectivity index (χ3v) is 4.29. The van der Waals surface area contributed by atoms with Crippen LogP contribution in [-0.4, -0.2) is 10.7 Å². The summed E-state index contributed by atoms with van der Waals surface area (Å²) < 4.78 is 0. The second-order valence-corrected chi connectivity index (χ2v) is 5.39. The Hall–Kier alpha value is -1.09. The van der Waals surface area contributed by atoms with E-state index in [1.165, 1.54) is 45.1 Å². The molecule has 1 aliphatic rings. The molecular weight excluding hydrogens is 312 g/mol. The third kappa shape index (κ3) is 2.83. The molecule has 2 rings (SSSR count). The molecule has 0 amide bonds. The van der Waals surface area contributed by atoms with Crippen molar-refractivity contribution in [2.45, 2.75) is 54.4 Å². The van der Waals surface area contributed by atoms with Crippen LogP contribution in [-0.2, 0) is 6.42 Å². The van der Waals surface area contributed by atoms with Crippen LogP contribution < -0.4 is 22.0 Å². The predicted molar refractivity (Wildman–Crippen MR) is 82.3 cm³/mol. The summed E-state index contributed by atoms with van der Waals surface area (Å²) >= 11 is 0. The van der Waals surface area contributed by atoms with Crippen molar-refractivity contribution in [3.63, 3.8) is 0 Å². The smallest absolute Gasteiger partial charge is 0.209 e. The second-order valence-electron chi connectivity index (χ2n) is 5.39. The Morgan fingerprint density at radius 2 is 1.70 bits per heavy atom. The topological polar surface area (TPSA) is 29.8 Å². The number of aromatic nitrogens is 1. The van der Waals surface area contributed by atoms with E-state index in [1.54, 1.807) is 0 Å². The molecule has 2 heterocycles. The van der Waals surface area contributed by atoms with Gasteiger partial charge in [0.15, 0.2) is 5.71 Å². The summed E-state index contributed by atoms with van der Waals surface area (Å²) in [4.78, 5) is 7.03. The Kier molecular flexibility index (Phi) is 5.58. The number of aromatic amines is 1. The summed E-state index contributed by atoms with van der Waals surface area (Å²) in [6, 6.07) is 0. The molecule has 1 aromatic heterocycles. The van der Waals surface area contributed by atoms with Gasteiger partial charge in [-0.25, -0.2) is 4.99 Å². The Morgan fingerprint density at radius 1 is 1.05 bits per heavy atom. The number of allylic oxidation sites excluding steroid dienone is 2. The zero-order valence-electron chi connectivity index (χ0n) is 13.4. The van der Waals surface area contributed by atoms with Gasteiger partial charge in [-0.3, -0.25) is 0 Å². The van der Waals surface area contributed by atoms with Crippen molar-refractivity contribution in [3.05, 3.63) is 39.4 Å². The number of halogens is 1. The fraction of sp³-hybridized carbons (Fsp3) is 0.471. The minimum Gasteiger partial charge on any atom is -1.00 e. The summed E-state index contributed by atoms with van der Waals surface area (Å²) in [6.45, 7) is 13.2. The van der Waals surface area contributed by atoms with Crippen molar-refractivity contribution in [2.24, 2.45) is 0 Å². The molecule has 0 bridgehead atoms. The Bertz CT molecular complexity index is 601. The number of hydrogen-bond acceptors (Lipinski definition) is 0. The average Bonchev–Trinajstić information content (AvgIpc) is 2.78. The molecule has 1 aromatic rings. The van der Waals surface area contributed by atoms with Crippen LogP contribution in [0.25, 0.3) is 6.08 Å². The number of H-pyrrole nitrogens is 1. The molecule has 0 saturated heterocycles. The Labute approximate surface area is 132 Å². The zero-order valence-corrected chi connectivity index (χ0v) is 15.0. The van der Waals surface area contributed by atoms with Crippen LogP contribution in [0, 0.1) is 13.8 Å². The summed E-state index contributed by atoms with van der Waals surface area (Å²) in [6.07, 6.45) is 4.42. The van der Waals surface area contributed by atoms with Gasteiger partial charge in [-0.1, -0.05) is 13.8 Å². The highest BCUT2D eigenvalue weighted by molar-refractivity contribution is 5.97. The van der Waals surface area contributed by atoms with E-state index in [1.807, 2.05) is 0 Å². The molecular formula is C17H25BrN2. The van der Waals surface area contributed by atoms with Crippen molar-refractivity contribution in [1.82, 2.24) is 4.98 Å². The third-order valence-electron chi connectivity index (χ3n) is 4.29. The van der Waals surface area contributed by atoms with E-state index >= 15 is 0 Å².